The van der Waals surface area contributed by atoms with Crippen molar-refractivity contribution >= 4 is 15.9 Å². The number of benzene rings is 1. The Morgan fingerprint density at radius 2 is 2.06 bits per heavy atom. The van der Waals surface area contributed by atoms with E-state index in [-0.39, 0.29) is 6.04 Å². The summed E-state index contributed by atoms with van der Waals surface area (Å²) >= 11 is 3.60. The SMILES string of the molecule is COc1ccc(Br)c(CC(N)C2CCCCC2)c1. The minimum atomic E-state index is 0.272. The highest BCUT2D eigenvalue weighted by Gasteiger charge is 2.21. The highest BCUT2D eigenvalue weighted by atomic mass is 79.9. The molecule has 0 bridgehead atoms. The summed E-state index contributed by atoms with van der Waals surface area (Å²) in [5, 5.41) is 0. The molecule has 1 fully saturated rings. The van der Waals surface area contributed by atoms with Gasteiger partial charge in [-0.3, -0.25) is 0 Å². The van der Waals surface area contributed by atoms with Gasteiger partial charge in [0.25, 0.3) is 0 Å². The lowest BCUT2D eigenvalue weighted by atomic mass is 9.82. The molecule has 0 saturated heterocycles. The molecule has 0 heterocycles. The van der Waals surface area contributed by atoms with E-state index in [0.29, 0.717) is 5.92 Å². The van der Waals surface area contributed by atoms with Gasteiger partial charge in [-0.15, -0.1) is 0 Å². The quantitative estimate of drug-likeness (QED) is 0.915. The van der Waals surface area contributed by atoms with Gasteiger partial charge in [0.2, 0.25) is 0 Å². The predicted molar refractivity (Wildman–Crippen MR) is 78.9 cm³/mol. The van der Waals surface area contributed by atoms with Crippen LogP contribution in [0.15, 0.2) is 22.7 Å². The number of ether oxygens (including phenoxy) is 1. The topological polar surface area (TPSA) is 35.2 Å². The van der Waals surface area contributed by atoms with E-state index in [4.69, 9.17) is 10.5 Å². The van der Waals surface area contributed by atoms with Gasteiger partial charge in [0.1, 0.15) is 5.75 Å². The molecule has 0 spiro atoms. The van der Waals surface area contributed by atoms with Gasteiger partial charge in [0.15, 0.2) is 0 Å². The van der Waals surface area contributed by atoms with E-state index in [1.54, 1.807) is 7.11 Å². The lowest BCUT2D eigenvalue weighted by Gasteiger charge is -2.27. The maximum atomic E-state index is 6.38. The Balaban J connectivity index is 2.03. The molecule has 100 valence electrons. The fourth-order valence-corrected chi connectivity index (χ4v) is 3.23. The van der Waals surface area contributed by atoms with Crippen molar-refractivity contribution in [2.45, 2.75) is 44.6 Å². The normalized spacial score (nSPS) is 18.6. The Morgan fingerprint density at radius 3 is 2.72 bits per heavy atom. The van der Waals surface area contributed by atoms with Crippen LogP contribution in [0, 0.1) is 5.92 Å². The molecule has 1 aliphatic carbocycles. The fraction of sp³-hybridized carbons (Fsp3) is 0.600. The molecule has 2 nitrogen and oxygen atoms in total. The standard InChI is InChI=1S/C15H22BrNO/c1-18-13-7-8-14(16)12(9-13)10-15(17)11-5-3-2-4-6-11/h7-9,11,15H,2-6,10,17H2,1H3. The zero-order valence-corrected chi connectivity index (χ0v) is 12.6. The first kappa shape index (κ1) is 13.9. The van der Waals surface area contributed by atoms with Crippen LogP contribution in [0.2, 0.25) is 0 Å². The smallest absolute Gasteiger partial charge is 0.119 e. The Labute approximate surface area is 118 Å². The third-order valence-corrected chi connectivity index (χ3v) is 4.74. The number of rotatable bonds is 4. The number of methoxy groups -OCH3 is 1. The molecule has 1 aromatic carbocycles. The lowest BCUT2D eigenvalue weighted by Crippen LogP contribution is -2.33. The van der Waals surface area contributed by atoms with Crippen molar-refractivity contribution in [1.82, 2.24) is 0 Å². The van der Waals surface area contributed by atoms with Gasteiger partial charge in [-0.2, -0.15) is 0 Å². The molecular weight excluding hydrogens is 290 g/mol. The van der Waals surface area contributed by atoms with E-state index in [1.165, 1.54) is 37.7 Å². The zero-order valence-electron chi connectivity index (χ0n) is 11.0. The van der Waals surface area contributed by atoms with Crippen molar-refractivity contribution in [3.63, 3.8) is 0 Å². The maximum absolute atomic E-state index is 6.38. The van der Waals surface area contributed by atoms with Crippen molar-refractivity contribution in [3.05, 3.63) is 28.2 Å². The molecule has 2 N–H and O–H groups in total. The largest absolute Gasteiger partial charge is 0.497 e. The highest BCUT2D eigenvalue weighted by molar-refractivity contribution is 9.10. The molecule has 18 heavy (non-hydrogen) atoms. The van der Waals surface area contributed by atoms with E-state index in [0.717, 1.165) is 16.6 Å². The summed E-state index contributed by atoms with van der Waals surface area (Å²) in [5.74, 6) is 1.60. The van der Waals surface area contributed by atoms with Crippen LogP contribution in [0.1, 0.15) is 37.7 Å². The van der Waals surface area contributed by atoms with Crippen molar-refractivity contribution < 1.29 is 4.74 Å². The van der Waals surface area contributed by atoms with Crippen LogP contribution in [-0.4, -0.2) is 13.2 Å². The molecule has 0 amide bonds. The van der Waals surface area contributed by atoms with Gasteiger partial charge < -0.3 is 10.5 Å². The van der Waals surface area contributed by atoms with Crippen LogP contribution in [0.4, 0.5) is 0 Å². The fourth-order valence-electron chi connectivity index (χ4n) is 2.82. The average Bonchev–Trinajstić information content (AvgIpc) is 2.42. The van der Waals surface area contributed by atoms with E-state index in [1.807, 2.05) is 12.1 Å². The second kappa shape index (κ2) is 6.58. The molecule has 1 atom stereocenters. The van der Waals surface area contributed by atoms with Crippen LogP contribution >= 0.6 is 15.9 Å². The van der Waals surface area contributed by atoms with Crippen molar-refractivity contribution in [3.8, 4) is 5.75 Å². The molecule has 1 unspecified atom stereocenters. The van der Waals surface area contributed by atoms with E-state index in [2.05, 4.69) is 22.0 Å². The Hall–Kier alpha value is -0.540. The van der Waals surface area contributed by atoms with E-state index >= 15 is 0 Å². The van der Waals surface area contributed by atoms with Gasteiger partial charge in [-0.1, -0.05) is 35.2 Å². The minimum Gasteiger partial charge on any atom is -0.497 e. The summed E-state index contributed by atoms with van der Waals surface area (Å²) in [6.07, 6.45) is 7.59. The van der Waals surface area contributed by atoms with E-state index in [9.17, 15) is 0 Å². The average molecular weight is 312 g/mol. The summed E-state index contributed by atoms with van der Waals surface area (Å²) in [4.78, 5) is 0. The summed E-state index contributed by atoms with van der Waals surface area (Å²) < 4.78 is 6.41. The number of hydrogen-bond donors (Lipinski definition) is 1. The summed E-state index contributed by atoms with van der Waals surface area (Å²) in [6.45, 7) is 0. The first-order valence-electron chi connectivity index (χ1n) is 6.78. The maximum Gasteiger partial charge on any atom is 0.119 e. The molecule has 0 aromatic heterocycles. The summed E-state index contributed by atoms with van der Waals surface area (Å²) in [5.41, 5.74) is 7.64. The lowest BCUT2D eigenvalue weighted by molar-refractivity contribution is 0.303. The Morgan fingerprint density at radius 1 is 1.33 bits per heavy atom. The molecular formula is C15H22BrNO. The first-order valence-corrected chi connectivity index (χ1v) is 7.58. The molecule has 3 heteroatoms. The van der Waals surface area contributed by atoms with Gasteiger partial charge in [-0.25, -0.2) is 0 Å². The Kier molecular flexibility index (Phi) is 5.07. The summed E-state index contributed by atoms with van der Waals surface area (Å²) in [6, 6.07) is 6.38. The number of halogens is 1. The van der Waals surface area contributed by atoms with Gasteiger partial charge in [0.05, 0.1) is 7.11 Å². The minimum absolute atomic E-state index is 0.272. The monoisotopic (exact) mass is 311 g/mol. The third kappa shape index (κ3) is 3.48. The van der Waals surface area contributed by atoms with Crippen LogP contribution < -0.4 is 10.5 Å². The molecule has 2 rings (SSSR count). The number of nitrogens with two attached hydrogens (primary N) is 1. The van der Waals surface area contributed by atoms with Gasteiger partial charge in [0, 0.05) is 10.5 Å². The van der Waals surface area contributed by atoms with Crippen LogP contribution in [0.25, 0.3) is 0 Å². The summed E-state index contributed by atoms with van der Waals surface area (Å²) in [7, 11) is 1.70. The molecule has 1 aliphatic rings. The van der Waals surface area contributed by atoms with Crippen LogP contribution in [-0.2, 0) is 6.42 Å². The molecule has 0 aliphatic heterocycles. The molecule has 1 saturated carbocycles. The first-order chi connectivity index (χ1) is 8.70. The predicted octanol–water partition coefficient (Wildman–Crippen LogP) is 3.91. The second-order valence-electron chi connectivity index (χ2n) is 5.22. The van der Waals surface area contributed by atoms with Crippen molar-refractivity contribution in [2.75, 3.05) is 7.11 Å². The van der Waals surface area contributed by atoms with Gasteiger partial charge >= 0.3 is 0 Å². The van der Waals surface area contributed by atoms with E-state index < -0.39 is 0 Å². The van der Waals surface area contributed by atoms with Crippen LogP contribution in [0.5, 0.6) is 5.75 Å². The Bertz CT molecular complexity index is 388. The second-order valence-corrected chi connectivity index (χ2v) is 6.08. The van der Waals surface area contributed by atoms with Crippen molar-refractivity contribution in [1.29, 1.82) is 0 Å². The van der Waals surface area contributed by atoms with Gasteiger partial charge in [-0.05, 0) is 48.9 Å². The molecule has 0 radical (unpaired) electrons. The third-order valence-electron chi connectivity index (χ3n) is 3.96. The van der Waals surface area contributed by atoms with Crippen molar-refractivity contribution in [2.24, 2.45) is 11.7 Å². The van der Waals surface area contributed by atoms with Crippen LogP contribution in [0.3, 0.4) is 0 Å². The zero-order chi connectivity index (χ0) is 13.0. The molecule has 1 aromatic rings. The highest BCUT2D eigenvalue weighted by Crippen LogP contribution is 2.29. The number of hydrogen-bond acceptors (Lipinski definition) is 2.